The fraction of sp³-hybridized carbons (Fsp3) is 0.205. The molecule has 0 N–H and O–H groups in total. The zero-order valence-corrected chi connectivity index (χ0v) is 27.8. The lowest BCUT2D eigenvalue weighted by Crippen LogP contribution is -2.51. The Hall–Kier alpha value is -5.35. The van der Waals surface area contributed by atoms with Gasteiger partial charge in [-0.05, 0) is 77.8 Å². The quantitative estimate of drug-likeness (QED) is 0.142. The summed E-state index contributed by atoms with van der Waals surface area (Å²) in [7, 11) is 0. The van der Waals surface area contributed by atoms with E-state index in [1.54, 1.807) is 0 Å². The van der Waals surface area contributed by atoms with E-state index in [4.69, 9.17) is 16.0 Å². The number of hydrogen-bond acceptors (Lipinski definition) is 2. The van der Waals surface area contributed by atoms with Gasteiger partial charge in [-0.15, -0.1) is 0 Å². The van der Waals surface area contributed by atoms with Crippen LogP contribution in [-0.2, 0) is 13.0 Å². The number of pyridine rings is 3. The normalized spacial score (nSPS) is 17.0. The lowest BCUT2D eigenvalue weighted by Gasteiger charge is -2.32. The summed E-state index contributed by atoms with van der Waals surface area (Å²) in [5.74, 6) is 0.784. The molecule has 6 heterocycles. The van der Waals surface area contributed by atoms with E-state index in [9.17, 15) is 0 Å². The molecule has 2 atom stereocenters. The van der Waals surface area contributed by atoms with Gasteiger partial charge in [-0.2, -0.15) is 9.13 Å². The van der Waals surface area contributed by atoms with E-state index in [1.165, 1.54) is 44.6 Å². The van der Waals surface area contributed by atoms with Crippen LogP contribution in [0.25, 0.3) is 55.7 Å². The van der Waals surface area contributed by atoms with Gasteiger partial charge in [0.15, 0.2) is 30.6 Å². The molecular weight excluding hydrogens is 587 g/mol. The predicted molar refractivity (Wildman–Crippen MR) is 193 cm³/mol. The second-order valence-corrected chi connectivity index (χ2v) is 13.9. The molecule has 2 aliphatic heterocycles. The monoisotopic (exact) mass is 625 g/mol. The summed E-state index contributed by atoms with van der Waals surface area (Å²) in [6.07, 6.45) is 6.40. The number of fused-ring (bicyclic) bond motifs is 13. The van der Waals surface area contributed by atoms with Crippen molar-refractivity contribution in [1.82, 2.24) is 4.98 Å². The first-order valence-electron chi connectivity index (χ1n) is 17.2. The van der Waals surface area contributed by atoms with Gasteiger partial charge in [-0.3, -0.25) is 0 Å². The summed E-state index contributed by atoms with van der Waals surface area (Å²) in [5.41, 5.74) is 15.1. The number of hydrogen-bond donors (Lipinski definition) is 0. The summed E-state index contributed by atoms with van der Waals surface area (Å²) >= 11 is 0. The first-order chi connectivity index (χ1) is 23.4. The highest BCUT2D eigenvalue weighted by Gasteiger charge is 2.43. The Morgan fingerprint density at radius 3 is 2.48 bits per heavy atom. The highest BCUT2D eigenvalue weighted by molar-refractivity contribution is 6.09. The average molecular weight is 626 g/mol. The van der Waals surface area contributed by atoms with Crippen molar-refractivity contribution < 1.29 is 13.6 Å². The third kappa shape index (κ3) is 4.54. The van der Waals surface area contributed by atoms with Crippen molar-refractivity contribution in [2.45, 2.75) is 58.0 Å². The van der Waals surface area contributed by atoms with Crippen molar-refractivity contribution in [3.8, 4) is 33.6 Å². The molecule has 2 unspecified atom stereocenters. The van der Waals surface area contributed by atoms with E-state index in [2.05, 4.69) is 139 Å². The molecule has 4 aromatic heterocycles. The number of aryl methyl sites for hydroxylation is 2. The Morgan fingerprint density at radius 2 is 1.62 bits per heavy atom. The van der Waals surface area contributed by atoms with Crippen LogP contribution in [0.2, 0.25) is 0 Å². The van der Waals surface area contributed by atoms with E-state index in [0.717, 1.165) is 46.1 Å². The smallest absolute Gasteiger partial charge is 0.227 e. The predicted octanol–water partition coefficient (Wildman–Crippen LogP) is 9.83. The molecule has 0 radical (unpaired) electrons. The minimum absolute atomic E-state index is 0.142. The highest BCUT2D eigenvalue weighted by atomic mass is 16.3. The minimum atomic E-state index is 0.142. The number of nitrogens with zero attached hydrogens (tertiary/aromatic N) is 3. The molecular formula is C44H39N3O+2. The maximum absolute atomic E-state index is 6.73. The SMILES string of the molecule is C=C1C[n+]2ccc(-c3ccc(C(C)C)cc3)cc2-c2c(ccc3c2oc2nc(C)ccc23)CCC2c3ccccc3-c3cccc[n+]3C12. The summed E-state index contributed by atoms with van der Waals surface area (Å²) in [6.45, 7) is 12.0. The molecule has 0 spiro atoms. The van der Waals surface area contributed by atoms with Gasteiger partial charge in [0.2, 0.25) is 17.1 Å². The van der Waals surface area contributed by atoms with Crippen molar-refractivity contribution in [2.24, 2.45) is 0 Å². The molecule has 0 bridgehead atoms. The van der Waals surface area contributed by atoms with Gasteiger partial charge < -0.3 is 4.42 Å². The Balaban J connectivity index is 1.28. The van der Waals surface area contributed by atoms with Gasteiger partial charge in [0, 0.05) is 46.3 Å². The summed E-state index contributed by atoms with van der Waals surface area (Å²) in [5, 5.41) is 2.16. The second-order valence-electron chi connectivity index (χ2n) is 13.9. The molecule has 0 saturated carbocycles. The van der Waals surface area contributed by atoms with Crippen molar-refractivity contribution in [3.63, 3.8) is 0 Å². The zero-order chi connectivity index (χ0) is 32.5. The van der Waals surface area contributed by atoms with Crippen molar-refractivity contribution in [3.05, 3.63) is 150 Å². The maximum Gasteiger partial charge on any atom is 0.227 e. The maximum atomic E-state index is 6.73. The van der Waals surface area contributed by atoms with Gasteiger partial charge in [0.1, 0.15) is 0 Å². The highest BCUT2D eigenvalue weighted by Crippen LogP contribution is 2.45. The first-order valence-corrected chi connectivity index (χ1v) is 17.2. The molecule has 3 aromatic carbocycles. The molecule has 0 aliphatic carbocycles. The van der Waals surface area contributed by atoms with E-state index in [-0.39, 0.29) is 12.0 Å². The van der Waals surface area contributed by atoms with Crippen LogP contribution < -0.4 is 9.13 Å². The zero-order valence-electron chi connectivity index (χ0n) is 27.8. The van der Waals surface area contributed by atoms with Crippen LogP contribution in [0, 0.1) is 6.92 Å². The van der Waals surface area contributed by atoms with Crippen molar-refractivity contribution >= 4 is 22.1 Å². The lowest BCUT2D eigenvalue weighted by atomic mass is 9.76. The molecule has 7 aromatic rings. The number of rotatable bonds is 2. The van der Waals surface area contributed by atoms with E-state index >= 15 is 0 Å². The molecule has 4 heteroatoms. The van der Waals surface area contributed by atoms with Gasteiger partial charge in [-0.25, -0.2) is 4.98 Å². The molecule has 2 aliphatic rings. The van der Waals surface area contributed by atoms with Crippen LogP contribution in [0.3, 0.4) is 0 Å². The second kappa shape index (κ2) is 11.1. The fourth-order valence-corrected chi connectivity index (χ4v) is 8.23. The summed E-state index contributed by atoms with van der Waals surface area (Å²) in [6, 6.07) is 38.1. The van der Waals surface area contributed by atoms with Crippen LogP contribution in [0.4, 0.5) is 0 Å². The van der Waals surface area contributed by atoms with Crippen molar-refractivity contribution in [1.29, 1.82) is 0 Å². The van der Waals surface area contributed by atoms with Crippen LogP contribution in [0.15, 0.2) is 132 Å². The standard InChI is InChI=1S/C44H39N3O/c1-27(2)30-13-15-31(16-14-30)33-22-24-46-26-28(3)42-36(34-9-5-6-10-35(34)39-11-7-8-23-47(39)42)20-17-32-18-21-37-38-19-12-29(4)45-44(38)48-43(37)41(32)40(46)25-33/h5-16,18-19,21-25,27,36,42H,3,17,20,26H2,1-2,4H3/q+2. The van der Waals surface area contributed by atoms with Gasteiger partial charge >= 0.3 is 0 Å². The van der Waals surface area contributed by atoms with Crippen LogP contribution in [0.5, 0.6) is 0 Å². The first kappa shape index (κ1) is 28.8. The average Bonchev–Trinajstić information content (AvgIpc) is 3.48. The van der Waals surface area contributed by atoms with Gasteiger partial charge in [0.05, 0.1) is 17.1 Å². The molecule has 4 nitrogen and oxygen atoms in total. The molecule has 9 rings (SSSR count). The van der Waals surface area contributed by atoms with E-state index < -0.39 is 0 Å². The van der Waals surface area contributed by atoms with Crippen molar-refractivity contribution in [2.75, 3.05) is 0 Å². The van der Waals surface area contributed by atoms with Gasteiger partial charge in [0.25, 0.3) is 0 Å². The number of furan rings is 1. The third-order valence-corrected chi connectivity index (χ3v) is 10.7. The molecule has 0 amide bonds. The summed E-state index contributed by atoms with van der Waals surface area (Å²) < 4.78 is 11.6. The number of allylic oxidation sites excluding steroid dienone is 1. The molecule has 0 saturated heterocycles. The summed E-state index contributed by atoms with van der Waals surface area (Å²) in [4.78, 5) is 4.80. The Labute approximate surface area is 281 Å². The number of aromatic nitrogens is 3. The minimum Gasteiger partial charge on any atom is -0.437 e. The Kier molecular flexibility index (Phi) is 6.68. The van der Waals surface area contributed by atoms with Gasteiger partial charge in [-0.1, -0.05) is 75.0 Å². The van der Waals surface area contributed by atoms with Crippen LogP contribution in [-0.4, -0.2) is 4.98 Å². The Bertz CT molecular complexity index is 2400. The van der Waals surface area contributed by atoms with E-state index in [0.29, 0.717) is 18.2 Å². The van der Waals surface area contributed by atoms with Crippen LogP contribution in [0.1, 0.15) is 60.5 Å². The number of benzene rings is 3. The third-order valence-electron chi connectivity index (χ3n) is 10.7. The fourth-order valence-electron chi connectivity index (χ4n) is 8.23. The largest absolute Gasteiger partial charge is 0.437 e. The lowest BCUT2D eigenvalue weighted by molar-refractivity contribution is -0.723. The molecule has 0 fully saturated rings. The topological polar surface area (TPSA) is 33.8 Å². The Morgan fingerprint density at radius 1 is 0.812 bits per heavy atom. The molecule has 48 heavy (non-hydrogen) atoms. The van der Waals surface area contributed by atoms with E-state index in [1.807, 2.05) is 6.92 Å². The van der Waals surface area contributed by atoms with Crippen LogP contribution >= 0.6 is 0 Å². The molecule has 234 valence electrons.